The number of hydrogen-bond acceptors (Lipinski definition) is 5. The van der Waals surface area contributed by atoms with E-state index in [4.69, 9.17) is 10.4 Å². The summed E-state index contributed by atoms with van der Waals surface area (Å²) >= 11 is 0. The van der Waals surface area contributed by atoms with Gasteiger partial charge in [0.15, 0.2) is 0 Å². The Kier molecular flexibility index (Phi) is 9.62. The summed E-state index contributed by atoms with van der Waals surface area (Å²) in [5.74, 6) is 0. The molecule has 7 nitrogen and oxygen atoms in total. The maximum Gasteiger partial charge on any atom is 0.321 e. The molecule has 2 N–H and O–H groups in total. The monoisotopic (exact) mass is 560 g/mol. The molecular weight excluding hydrogens is 524 g/mol. The van der Waals surface area contributed by atoms with Crippen LogP contribution in [-0.4, -0.2) is 50.8 Å². The predicted molar refractivity (Wildman–Crippen MR) is 165 cm³/mol. The third-order valence-electron chi connectivity index (χ3n) is 7.90. The van der Waals surface area contributed by atoms with E-state index in [0.29, 0.717) is 13.1 Å². The number of hydrogen-bond donors (Lipinski definition) is 2. The van der Waals surface area contributed by atoms with Crippen molar-refractivity contribution in [2.45, 2.75) is 50.9 Å². The number of amides is 2. The summed E-state index contributed by atoms with van der Waals surface area (Å²) in [6.45, 7) is 0.919. The fraction of sp³-hybridized carbons (Fsp3) is 0.229. The molecule has 0 spiro atoms. The van der Waals surface area contributed by atoms with E-state index in [0.717, 1.165) is 47.9 Å². The molecule has 1 fully saturated rings. The van der Waals surface area contributed by atoms with E-state index in [1.165, 1.54) is 23.6 Å². The molecule has 214 valence electrons. The van der Waals surface area contributed by atoms with Crippen LogP contribution in [0.15, 0.2) is 120 Å². The molecule has 0 unspecified atom stereocenters. The average molecular weight is 561 g/mol. The second-order valence-corrected chi connectivity index (χ2v) is 10.7. The second kappa shape index (κ2) is 14.1. The summed E-state index contributed by atoms with van der Waals surface area (Å²) in [5.41, 5.74) is 6.03. The zero-order valence-corrected chi connectivity index (χ0v) is 23.5. The minimum absolute atomic E-state index is 0.00114. The van der Waals surface area contributed by atoms with Gasteiger partial charge in [0.1, 0.15) is 0 Å². The number of oxime groups is 2. The van der Waals surface area contributed by atoms with Crippen LogP contribution in [0.2, 0.25) is 0 Å². The SMILES string of the molecule is O=C1N(Cc2cccc(/C=N\O)c2)[C@H](CCc2ccccc2)[C@@H](CCc2ccccc2)N1Cc1cccc(/C=N\O)c1. The molecule has 42 heavy (non-hydrogen) atoms. The third-order valence-corrected chi connectivity index (χ3v) is 7.90. The number of carbonyl (C=O) groups is 1. The van der Waals surface area contributed by atoms with Crippen LogP contribution in [0.25, 0.3) is 0 Å². The number of nitrogens with zero attached hydrogens (tertiary/aromatic N) is 4. The zero-order chi connectivity index (χ0) is 29.1. The van der Waals surface area contributed by atoms with Gasteiger partial charge in [0.05, 0.1) is 24.5 Å². The van der Waals surface area contributed by atoms with Crippen molar-refractivity contribution in [1.29, 1.82) is 0 Å². The van der Waals surface area contributed by atoms with Crippen molar-refractivity contribution in [3.8, 4) is 0 Å². The van der Waals surface area contributed by atoms with Gasteiger partial charge in [-0.2, -0.15) is 0 Å². The number of carbonyl (C=O) groups excluding carboxylic acids is 1. The number of urea groups is 1. The quantitative estimate of drug-likeness (QED) is 0.114. The molecule has 5 rings (SSSR count). The standard InChI is InChI=1S/C35H36N4O3/c40-35-38(25-31-15-7-13-29(21-31)23-36-41)33(19-17-27-9-3-1-4-10-27)34(20-18-28-11-5-2-6-12-28)39(35)26-32-16-8-14-30(22-32)24-37-42/h1-16,21-24,33-34,41-42H,17-20,25-26H2/b36-23-,37-24-/t33-,34-/m1/s1. The maximum atomic E-state index is 14.3. The van der Waals surface area contributed by atoms with Gasteiger partial charge in [-0.3, -0.25) is 0 Å². The lowest BCUT2D eigenvalue weighted by Crippen LogP contribution is -2.38. The molecule has 0 bridgehead atoms. The highest BCUT2D eigenvalue weighted by molar-refractivity contribution is 5.81. The van der Waals surface area contributed by atoms with E-state index in [1.54, 1.807) is 0 Å². The molecule has 0 aromatic heterocycles. The van der Waals surface area contributed by atoms with Crippen molar-refractivity contribution in [3.05, 3.63) is 143 Å². The highest BCUT2D eigenvalue weighted by Gasteiger charge is 2.44. The Morgan fingerprint density at radius 2 is 0.976 bits per heavy atom. The molecule has 1 aliphatic rings. The van der Waals surface area contributed by atoms with Gasteiger partial charge in [-0.05, 0) is 71.2 Å². The van der Waals surface area contributed by atoms with Gasteiger partial charge >= 0.3 is 6.03 Å². The van der Waals surface area contributed by atoms with Crippen LogP contribution in [0.3, 0.4) is 0 Å². The summed E-state index contributed by atoms with van der Waals surface area (Å²) in [4.78, 5) is 18.3. The summed E-state index contributed by atoms with van der Waals surface area (Å²) in [6.07, 6.45) is 6.20. The van der Waals surface area contributed by atoms with Gasteiger partial charge in [0, 0.05) is 13.1 Å². The Balaban J connectivity index is 1.48. The Hall–Kier alpha value is -4.91. The van der Waals surface area contributed by atoms with Crippen molar-refractivity contribution >= 4 is 18.5 Å². The Bertz CT molecular complexity index is 1390. The fourth-order valence-electron chi connectivity index (χ4n) is 5.92. The molecular formula is C35H36N4O3. The summed E-state index contributed by atoms with van der Waals surface area (Å²) in [6, 6.07) is 36.4. The van der Waals surface area contributed by atoms with Crippen molar-refractivity contribution in [1.82, 2.24) is 9.80 Å². The smallest absolute Gasteiger partial charge is 0.321 e. The van der Waals surface area contributed by atoms with Crippen LogP contribution >= 0.6 is 0 Å². The third kappa shape index (κ3) is 7.23. The molecule has 4 aromatic carbocycles. The van der Waals surface area contributed by atoms with Crippen LogP contribution in [0.5, 0.6) is 0 Å². The Morgan fingerprint density at radius 1 is 0.571 bits per heavy atom. The molecule has 1 aliphatic heterocycles. The average Bonchev–Trinajstić information content (AvgIpc) is 3.25. The first-order chi connectivity index (χ1) is 20.6. The van der Waals surface area contributed by atoms with Crippen LogP contribution in [0, 0.1) is 0 Å². The van der Waals surface area contributed by atoms with E-state index in [-0.39, 0.29) is 18.1 Å². The summed E-state index contributed by atoms with van der Waals surface area (Å²) < 4.78 is 0. The van der Waals surface area contributed by atoms with E-state index < -0.39 is 0 Å². The maximum absolute atomic E-state index is 14.3. The summed E-state index contributed by atoms with van der Waals surface area (Å²) in [7, 11) is 0. The highest BCUT2D eigenvalue weighted by Crippen LogP contribution is 2.33. The van der Waals surface area contributed by atoms with Crippen LogP contribution < -0.4 is 0 Å². The lowest BCUT2D eigenvalue weighted by Gasteiger charge is -2.29. The molecule has 2 amide bonds. The number of aryl methyl sites for hydroxylation is 2. The lowest BCUT2D eigenvalue weighted by molar-refractivity contribution is 0.180. The first-order valence-electron chi connectivity index (χ1n) is 14.3. The van der Waals surface area contributed by atoms with Gasteiger partial charge < -0.3 is 20.2 Å². The second-order valence-electron chi connectivity index (χ2n) is 10.7. The zero-order valence-electron chi connectivity index (χ0n) is 23.5. The first-order valence-corrected chi connectivity index (χ1v) is 14.3. The van der Waals surface area contributed by atoms with Gasteiger partial charge in [0.25, 0.3) is 0 Å². The molecule has 0 saturated carbocycles. The normalized spacial score (nSPS) is 17.1. The molecule has 1 saturated heterocycles. The van der Waals surface area contributed by atoms with Crippen LogP contribution in [-0.2, 0) is 25.9 Å². The van der Waals surface area contributed by atoms with Gasteiger partial charge in [-0.1, -0.05) is 107 Å². The van der Waals surface area contributed by atoms with E-state index >= 15 is 0 Å². The molecule has 2 atom stereocenters. The van der Waals surface area contributed by atoms with Crippen molar-refractivity contribution < 1.29 is 15.2 Å². The van der Waals surface area contributed by atoms with Crippen molar-refractivity contribution in [3.63, 3.8) is 0 Å². The van der Waals surface area contributed by atoms with Crippen molar-refractivity contribution in [2.24, 2.45) is 10.3 Å². The van der Waals surface area contributed by atoms with Crippen LogP contribution in [0.4, 0.5) is 4.79 Å². The molecule has 0 radical (unpaired) electrons. The first kappa shape index (κ1) is 28.6. The number of benzene rings is 4. The highest BCUT2D eigenvalue weighted by atomic mass is 16.4. The van der Waals surface area contributed by atoms with E-state index in [9.17, 15) is 4.79 Å². The predicted octanol–water partition coefficient (Wildman–Crippen LogP) is 6.74. The fourth-order valence-corrected chi connectivity index (χ4v) is 5.92. The minimum Gasteiger partial charge on any atom is -0.411 e. The van der Waals surface area contributed by atoms with Crippen LogP contribution in [0.1, 0.15) is 46.2 Å². The van der Waals surface area contributed by atoms with Gasteiger partial charge in [0.2, 0.25) is 0 Å². The molecule has 7 heteroatoms. The topological polar surface area (TPSA) is 88.7 Å². The Labute approximate surface area is 247 Å². The van der Waals surface area contributed by atoms with Gasteiger partial charge in [-0.25, -0.2) is 4.79 Å². The Morgan fingerprint density at radius 3 is 1.38 bits per heavy atom. The number of rotatable bonds is 12. The molecule has 1 heterocycles. The lowest BCUT2D eigenvalue weighted by atomic mass is 9.93. The molecule has 0 aliphatic carbocycles. The minimum atomic E-state index is -0.00114. The van der Waals surface area contributed by atoms with Gasteiger partial charge in [-0.15, -0.1) is 0 Å². The largest absolute Gasteiger partial charge is 0.411 e. The molecule has 4 aromatic rings. The van der Waals surface area contributed by atoms with Crippen molar-refractivity contribution in [2.75, 3.05) is 0 Å². The van der Waals surface area contributed by atoms with E-state index in [1.807, 2.05) is 70.5 Å². The summed E-state index contributed by atoms with van der Waals surface area (Å²) in [5, 5.41) is 24.5. The van der Waals surface area contributed by atoms with E-state index in [2.05, 4.69) is 58.8 Å².